The fraction of sp³-hybridized carbons (Fsp3) is 0.111. The van der Waals surface area contributed by atoms with Gasteiger partial charge in [-0.2, -0.15) is 10.1 Å². The van der Waals surface area contributed by atoms with Crippen LogP contribution in [0.15, 0.2) is 35.4 Å². The van der Waals surface area contributed by atoms with E-state index in [2.05, 4.69) is 25.5 Å². The van der Waals surface area contributed by atoms with Gasteiger partial charge in [0.05, 0.1) is 18.4 Å². The zero-order valence-corrected chi connectivity index (χ0v) is 7.84. The van der Waals surface area contributed by atoms with Crippen LogP contribution in [0.25, 0.3) is 0 Å². The van der Waals surface area contributed by atoms with Gasteiger partial charge in [0.1, 0.15) is 0 Å². The van der Waals surface area contributed by atoms with Gasteiger partial charge in [0.25, 0.3) is 0 Å². The van der Waals surface area contributed by atoms with Crippen molar-refractivity contribution in [2.24, 2.45) is 0 Å². The fourth-order valence-corrected chi connectivity index (χ4v) is 1.08. The summed E-state index contributed by atoms with van der Waals surface area (Å²) < 4.78 is 0. The van der Waals surface area contributed by atoms with Crippen LogP contribution >= 0.6 is 0 Å². The molecule has 2 heterocycles. The van der Waals surface area contributed by atoms with Gasteiger partial charge >= 0.3 is 5.69 Å². The molecule has 0 bridgehead atoms. The summed E-state index contributed by atoms with van der Waals surface area (Å²) >= 11 is 0. The van der Waals surface area contributed by atoms with Crippen molar-refractivity contribution in [2.45, 2.75) is 6.54 Å². The molecule has 0 amide bonds. The van der Waals surface area contributed by atoms with E-state index in [1.165, 1.54) is 6.20 Å². The van der Waals surface area contributed by atoms with E-state index in [9.17, 15) is 4.79 Å². The quantitative estimate of drug-likeness (QED) is 0.743. The van der Waals surface area contributed by atoms with Crippen LogP contribution in [0.5, 0.6) is 0 Å². The van der Waals surface area contributed by atoms with Crippen molar-refractivity contribution < 1.29 is 0 Å². The number of hydrogen-bond acceptors (Lipinski definition) is 5. The Hall–Kier alpha value is -2.24. The van der Waals surface area contributed by atoms with Crippen molar-refractivity contribution in [2.75, 3.05) is 5.32 Å². The summed E-state index contributed by atoms with van der Waals surface area (Å²) in [5.74, 6) is 0.435. The Bertz CT molecular complexity index is 481. The predicted octanol–water partition coefficient (Wildman–Crippen LogP) is 0.172. The van der Waals surface area contributed by atoms with Crippen LogP contribution in [0.2, 0.25) is 0 Å². The number of nitrogens with zero attached hydrogens (tertiary/aromatic N) is 3. The zero-order valence-electron chi connectivity index (χ0n) is 7.84. The molecular weight excluding hydrogens is 194 g/mol. The summed E-state index contributed by atoms with van der Waals surface area (Å²) in [6.45, 7) is 0.513. The Balaban J connectivity index is 2.02. The Morgan fingerprint density at radius 3 is 3.07 bits per heavy atom. The van der Waals surface area contributed by atoms with Gasteiger partial charge in [-0.05, 0) is 12.1 Å². The molecule has 2 N–H and O–H groups in total. The molecule has 0 fully saturated rings. The molecule has 0 aliphatic carbocycles. The summed E-state index contributed by atoms with van der Waals surface area (Å²) in [5, 5.41) is 8.76. The van der Waals surface area contributed by atoms with Crippen LogP contribution in [0, 0.1) is 0 Å². The van der Waals surface area contributed by atoms with Crippen molar-refractivity contribution in [1.82, 2.24) is 20.2 Å². The van der Waals surface area contributed by atoms with Crippen LogP contribution in [0.1, 0.15) is 5.69 Å². The highest BCUT2D eigenvalue weighted by Gasteiger charge is 1.96. The normalized spacial score (nSPS) is 9.87. The predicted molar refractivity (Wildman–Crippen MR) is 54.2 cm³/mol. The molecule has 6 heteroatoms. The minimum atomic E-state index is -0.471. The van der Waals surface area contributed by atoms with Crippen molar-refractivity contribution in [1.29, 1.82) is 0 Å². The molecule has 0 saturated carbocycles. The molecule has 2 rings (SSSR count). The molecule has 0 unspecified atom stereocenters. The van der Waals surface area contributed by atoms with Gasteiger partial charge < -0.3 is 5.32 Å². The monoisotopic (exact) mass is 203 g/mol. The lowest BCUT2D eigenvalue weighted by Crippen LogP contribution is -2.14. The van der Waals surface area contributed by atoms with Crippen LogP contribution in [0.3, 0.4) is 0 Å². The maximum Gasteiger partial charge on any atom is 0.363 e. The molecule has 15 heavy (non-hydrogen) atoms. The summed E-state index contributed by atoms with van der Waals surface area (Å²) in [5.41, 5.74) is 0.403. The molecule has 2 aromatic rings. The SMILES string of the molecule is O=c1nc(NCc2ccccn2)cn[nH]1. The highest BCUT2D eigenvalue weighted by molar-refractivity contribution is 5.29. The molecule has 0 atom stereocenters. The van der Waals surface area contributed by atoms with E-state index in [0.717, 1.165) is 5.69 Å². The summed E-state index contributed by atoms with van der Waals surface area (Å²) in [6, 6.07) is 5.62. The van der Waals surface area contributed by atoms with Crippen LogP contribution < -0.4 is 11.0 Å². The van der Waals surface area contributed by atoms with E-state index in [1.807, 2.05) is 18.2 Å². The summed E-state index contributed by atoms with van der Waals surface area (Å²) in [4.78, 5) is 18.6. The largest absolute Gasteiger partial charge is 0.363 e. The lowest BCUT2D eigenvalue weighted by atomic mass is 10.3. The van der Waals surface area contributed by atoms with E-state index in [1.54, 1.807) is 6.20 Å². The van der Waals surface area contributed by atoms with Gasteiger partial charge in [0.2, 0.25) is 0 Å². The highest BCUT2D eigenvalue weighted by Crippen LogP contribution is 1.99. The third-order valence-corrected chi connectivity index (χ3v) is 1.75. The number of pyridine rings is 1. The number of H-pyrrole nitrogens is 1. The van der Waals surface area contributed by atoms with Crippen LogP contribution in [0.4, 0.5) is 5.82 Å². The Morgan fingerprint density at radius 1 is 1.40 bits per heavy atom. The first-order chi connectivity index (χ1) is 7.34. The van der Waals surface area contributed by atoms with Crippen LogP contribution in [-0.4, -0.2) is 20.2 Å². The first kappa shape index (κ1) is 9.32. The molecule has 0 aliphatic heterocycles. The molecule has 0 saturated heterocycles. The average Bonchev–Trinajstić information content (AvgIpc) is 2.28. The highest BCUT2D eigenvalue weighted by atomic mass is 16.1. The first-order valence-electron chi connectivity index (χ1n) is 4.40. The maximum absolute atomic E-state index is 10.8. The molecule has 0 aliphatic rings. The van der Waals surface area contributed by atoms with E-state index in [0.29, 0.717) is 12.4 Å². The van der Waals surface area contributed by atoms with Crippen molar-refractivity contribution in [3.05, 3.63) is 46.8 Å². The molecule has 76 valence electrons. The van der Waals surface area contributed by atoms with Crippen molar-refractivity contribution in [3.8, 4) is 0 Å². The number of nitrogens with one attached hydrogen (secondary N) is 2. The standard InChI is InChI=1S/C9H9N5O/c15-9-13-8(6-12-14-9)11-5-7-3-1-2-4-10-7/h1-4,6H,5H2,(H2,11,13,14,15). The van der Waals surface area contributed by atoms with E-state index >= 15 is 0 Å². The Labute approximate surface area is 85.4 Å². The number of anilines is 1. The van der Waals surface area contributed by atoms with E-state index in [4.69, 9.17) is 0 Å². The Morgan fingerprint density at radius 2 is 2.33 bits per heavy atom. The third kappa shape index (κ3) is 2.60. The molecule has 0 aromatic carbocycles. The minimum Gasteiger partial charge on any atom is -0.363 e. The lowest BCUT2D eigenvalue weighted by Gasteiger charge is -2.02. The van der Waals surface area contributed by atoms with Crippen molar-refractivity contribution >= 4 is 5.82 Å². The molecule has 0 spiro atoms. The number of aromatic nitrogens is 4. The second kappa shape index (κ2) is 4.32. The van der Waals surface area contributed by atoms with Gasteiger partial charge in [-0.15, -0.1) is 0 Å². The average molecular weight is 203 g/mol. The fourth-order valence-electron chi connectivity index (χ4n) is 1.08. The first-order valence-corrected chi connectivity index (χ1v) is 4.40. The van der Waals surface area contributed by atoms with Gasteiger partial charge in [0, 0.05) is 6.20 Å². The number of hydrogen-bond donors (Lipinski definition) is 2. The molecule has 6 nitrogen and oxygen atoms in total. The minimum absolute atomic E-state index is 0.435. The lowest BCUT2D eigenvalue weighted by molar-refractivity contribution is 0.902. The Kier molecular flexibility index (Phi) is 2.68. The van der Waals surface area contributed by atoms with Gasteiger partial charge in [-0.1, -0.05) is 6.07 Å². The summed E-state index contributed by atoms with van der Waals surface area (Å²) in [7, 11) is 0. The number of rotatable bonds is 3. The molecule has 2 aromatic heterocycles. The zero-order chi connectivity index (χ0) is 10.5. The second-order valence-electron chi connectivity index (χ2n) is 2.85. The van der Waals surface area contributed by atoms with Crippen molar-refractivity contribution in [3.63, 3.8) is 0 Å². The van der Waals surface area contributed by atoms with E-state index in [-0.39, 0.29) is 0 Å². The topological polar surface area (TPSA) is 83.6 Å². The molecular formula is C9H9N5O. The number of aromatic amines is 1. The molecule has 0 radical (unpaired) electrons. The van der Waals surface area contributed by atoms with Gasteiger partial charge in [-0.3, -0.25) is 4.98 Å². The van der Waals surface area contributed by atoms with E-state index < -0.39 is 5.69 Å². The second-order valence-corrected chi connectivity index (χ2v) is 2.85. The smallest absolute Gasteiger partial charge is 0.363 e. The van der Waals surface area contributed by atoms with Gasteiger partial charge in [-0.25, -0.2) is 9.89 Å². The van der Waals surface area contributed by atoms with Gasteiger partial charge in [0.15, 0.2) is 5.82 Å². The van der Waals surface area contributed by atoms with Crippen LogP contribution in [-0.2, 0) is 6.54 Å². The maximum atomic E-state index is 10.8. The summed E-state index contributed by atoms with van der Waals surface area (Å²) in [6.07, 6.45) is 3.16. The third-order valence-electron chi connectivity index (χ3n) is 1.75.